The maximum Gasteiger partial charge on any atom is 0.262 e. The molecule has 0 saturated carbocycles. The van der Waals surface area contributed by atoms with E-state index >= 15 is 0 Å². The lowest BCUT2D eigenvalue weighted by atomic mass is 9.88. The van der Waals surface area contributed by atoms with Crippen LogP contribution in [0.5, 0.6) is 0 Å². The van der Waals surface area contributed by atoms with E-state index in [1.165, 1.54) is 4.90 Å². The number of rotatable bonds is 2. The lowest BCUT2D eigenvalue weighted by Gasteiger charge is -2.32. The van der Waals surface area contributed by atoms with E-state index in [0.29, 0.717) is 23.6 Å². The van der Waals surface area contributed by atoms with Gasteiger partial charge in [0, 0.05) is 0 Å². The largest absolute Gasteiger partial charge is 0.477 e. The van der Waals surface area contributed by atoms with Gasteiger partial charge in [-0.15, -0.1) is 0 Å². The molecule has 5 heteroatoms. The lowest BCUT2D eigenvalue weighted by molar-refractivity contribution is 0.0535. The zero-order valence-electron chi connectivity index (χ0n) is 14.2. The standard InChI is InChI=1S/C18H22N2O3/c1-17(2,3)13-10-23-16(19-13)18(4,5)20-14(21)11-8-6-7-9-12(11)15(20)22/h6-9,13H,10H2,1-5H3/t13-/m1/s1. The van der Waals surface area contributed by atoms with E-state index in [1.54, 1.807) is 38.1 Å². The second kappa shape index (κ2) is 4.91. The van der Waals surface area contributed by atoms with Gasteiger partial charge in [-0.05, 0) is 31.4 Å². The molecular weight excluding hydrogens is 292 g/mol. The molecule has 0 N–H and O–H groups in total. The number of amides is 2. The summed E-state index contributed by atoms with van der Waals surface area (Å²) < 4.78 is 5.77. The number of hydrogen-bond acceptors (Lipinski definition) is 4. The van der Waals surface area contributed by atoms with Crippen molar-refractivity contribution in [2.45, 2.75) is 46.2 Å². The molecular formula is C18H22N2O3. The predicted molar refractivity (Wildman–Crippen MR) is 87.7 cm³/mol. The van der Waals surface area contributed by atoms with Gasteiger partial charge in [0.1, 0.15) is 12.1 Å². The van der Waals surface area contributed by atoms with Crippen LogP contribution in [0.3, 0.4) is 0 Å². The average Bonchev–Trinajstić information content (AvgIpc) is 3.05. The maximum absolute atomic E-state index is 12.7. The topological polar surface area (TPSA) is 59.0 Å². The zero-order chi connectivity index (χ0) is 17.0. The van der Waals surface area contributed by atoms with E-state index in [0.717, 1.165) is 0 Å². The quantitative estimate of drug-likeness (QED) is 0.789. The number of benzene rings is 1. The third-order valence-electron chi connectivity index (χ3n) is 4.53. The molecule has 0 spiro atoms. The molecule has 0 unspecified atom stereocenters. The van der Waals surface area contributed by atoms with Crippen LogP contribution in [-0.4, -0.2) is 40.8 Å². The molecule has 1 aromatic carbocycles. The minimum absolute atomic E-state index is 0.0203. The number of carbonyl (C=O) groups excluding carboxylic acids is 2. The van der Waals surface area contributed by atoms with Crippen LogP contribution in [0.1, 0.15) is 55.3 Å². The van der Waals surface area contributed by atoms with Crippen molar-refractivity contribution in [2.75, 3.05) is 6.61 Å². The highest BCUT2D eigenvalue weighted by molar-refractivity contribution is 6.23. The Balaban J connectivity index is 1.96. The van der Waals surface area contributed by atoms with Gasteiger partial charge in [0.05, 0.1) is 17.2 Å². The number of hydrogen-bond donors (Lipinski definition) is 0. The molecule has 0 bridgehead atoms. The van der Waals surface area contributed by atoms with Gasteiger partial charge in [-0.3, -0.25) is 14.5 Å². The fourth-order valence-electron chi connectivity index (χ4n) is 2.94. The van der Waals surface area contributed by atoms with E-state index in [1.807, 2.05) is 0 Å². The van der Waals surface area contributed by atoms with E-state index in [9.17, 15) is 9.59 Å². The molecule has 0 fully saturated rings. The van der Waals surface area contributed by atoms with Gasteiger partial charge in [0.2, 0.25) is 5.90 Å². The Bertz CT molecular complexity index is 678. The SMILES string of the molecule is CC(C)(C)[C@H]1COC(C(C)(C)N2C(=O)c3ccccc3C2=O)=N1. The first-order valence-corrected chi connectivity index (χ1v) is 7.83. The third kappa shape index (κ3) is 2.35. The molecule has 1 atom stereocenters. The summed E-state index contributed by atoms with van der Waals surface area (Å²) in [6.45, 7) is 10.4. The summed E-state index contributed by atoms with van der Waals surface area (Å²) >= 11 is 0. The third-order valence-corrected chi connectivity index (χ3v) is 4.53. The summed E-state index contributed by atoms with van der Waals surface area (Å²) in [6, 6.07) is 6.91. The summed E-state index contributed by atoms with van der Waals surface area (Å²) in [6.07, 6.45) is 0. The summed E-state index contributed by atoms with van der Waals surface area (Å²) in [5, 5.41) is 0. The van der Waals surface area contributed by atoms with Crippen molar-refractivity contribution in [1.82, 2.24) is 4.90 Å². The molecule has 1 aromatic rings. The van der Waals surface area contributed by atoms with Gasteiger partial charge in [0.15, 0.2) is 0 Å². The molecule has 5 nitrogen and oxygen atoms in total. The van der Waals surface area contributed by atoms with Gasteiger partial charge >= 0.3 is 0 Å². The Morgan fingerprint density at radius 3 is 2.00 bits per heavy atom. The number of nitrogens with zero attached hydrogens (tertiary/aromatic N) is 2. The molecule has 23 heavy (non-hydrogen) atoms. The molecule has 0 radical (unpaired) electrons. The monoisotopic (exact) mass is 314 g/mol. The van der Waals surface area contributed by atoms with Crippen molar-refractivity contribution in [1.29, 1.82) is 0 Å². The first-order valence-electron chi connectivity index (χ1n) is 7.83. The summed E-state index contributed by atoms with van der Waals surface area (Å²) in [5.74, 6) is -0.130. The number of imide groups is 1. The number of fused-ring (bicyclic) bond motifs is 1. The molecule has 3 rings (SSSR count). The van der Waals surface area contributed by atoms with Crippen molar-refractivity contribution in [3.8, 4) is 0 Å². The van der Waals surface area contributed by atoms with E-state index in [-0.39, 0.29) is 23.3 Å². The second-order valence-electron chi connectivity index (χ2n) is 7.68. The minimum atomic E-state index is -0.910. The van der Waals surface area contributed by atoms with Crippen LogP contribution < -0.4 is 0 Å². The minimum Gasteiger partial charge on any atom is -0.477 e. The van der Waals surface area contributed by atoms with Gasteiger partial charge in [-0.25, -0.2) is 4.99 Å². The van der Waals surface area contributed by atoms with Crippen molar-refractivity contribution >= 4 is 17.7 Å². The molecule has 0 aromatic heterocycles. The fourth-order valence-corrected chi connectivity index (χ4v) is 2.94. The molecule has 2 aliphatic heterocycles. The van der Waals surface area contributed by atoms with Gasteiger partial charge in [-0.2, -0.15) is 0 Å². The average molecular weight is 314 g/mol. The van der Waals surface area contributed by atoms with Crippen molar-refractivity contribution in [3.63, 3.8) is 0 Å². The fraction of sp³-hybridized carbons (Fsp3) is 0.500. The highest BCUT2D eigenvalue weighted by Gasteiger charge is 2.49. The normalized spacial score (nSPS) is 21.3. The van der Waals surface area contributed by atoms with Gasteiger partial charge in [0.25, 0.3) is 11.8 Å². The van der Waals surface area contributed by atoms with E-state index in [4.69, 9.17) is 4.74 Å². The van der Waals surface area contributed by atoms with Crippen LogP contribution in [0.15, 0.2) is 29.3 Å². The van der Waals surface area contributed by atoms with E-state index in [2.05, 4.69) is 25.8 Å². The van der Waals surface area contributed by atoms with Crippen LogP contribution in [0.4, 0.5) is 0 Å². The highest BCUT2D eigenvalue weighted by Crippen LogP contribution is 2.34. The maximum atomic E-state index is 12.7. The molecule has 0 saturated heterocycles. The summed E-state index contributed by atoms with van der Waals surface area (Å²) in [5.41, 5.74) is -0.0550. The second-order valence-corrected chi connectivity index (χ2v) is 7.68. The van der Waals surface area contributed by atoms with Crippen LogP contribution in [0.2, 0.25) is 0 Å². The van der Waals surface area contributed by atoms with Gasteiger partial charge in [-0.1, -0.05) is 32.9 Å². The Labute approximate surface area is 136 Å². The van der Waals surface area contributed by atoms with Crippen molar-refractivity contribution < 1.29 is 14.3 Å². The molecule has 0 aliphatic carbocycles. The smallest absolute Gasteiger partial charge is 0.262 e. The molecule has 2 amide bonds. The first-order chi connectivity index (χ1) is 10.6. The number of carbonyl (C=O) groups is 2. The molecule has 122 valence electrons. The number of aliphatic imine (C=N–C) groups is 1. The predicted octanol–water partition coefficient (Wildman–Crippen LogP) is 2.90. The highest BCUT2D eigenvalue weighted by atomic mass is 16.5. The van der Waals surface area contributed by atoms with Crippen LogP contribution in [0.25, 0.3) is 0 Å². The van der Waals surface area contributed by atoms with Crippen LogP contribution in [-0.2, 0) is 4.74 Å². The van der Waals surface area contributed by atoms with E-state index < -0.39 is 5.54 Å². The Morgan fingerprint density at radius 1 is 1.04 bits per heavy atom. The van der Waals surface area contributed by atoms with Crippen molar-refractivity contribution in [2.24, 2.45) is 10.4 Å². The zero-order valence-corrected chi connectivity index (χ0v) is 14.2. The molecule has 2 heterocycles. The Morgan fingerprint density at radius 2 is 1.57 bits per heavy atom. The first kappa shape index (κ1) is 15.7. The summed E-state index contributed by atoms with van der Waals surface area (Å²) in [4.78, 5) is 31.3. The number of ether oxygens (including phenoxy) is 1. The van der Waals surface area contributed by atoms with Crippen molar-refractivity contribution in [3.05, 3.63) is 35.4 Å². The Kier molecular flexibility index (Phi) is 3.36. The van der Waals surface area contributed by atoms with Crippen LogP contribution in [0, 0.1) is 5.41 Å². The lowest BCUT2D eigenvalue weighted by Crippen LogP contribution is -2.53. The summed E-state index contributed by atoms with van der Waals surface area (Å²) in [7, 11) is 0. The van der Waals surface area contributed by atoms with Gasteiger partial charge < -0.3 is 4.74 Å². The molecule has 2 aliphatic rings. The Hall–Kier alpha value is -2.17. The van der Waals surface area contributed by atoms with Crippen LogP contribution >= 0.6 is 0 Å².